The smallest absolute Gasteiger partial charge is 0.122 e. The molecule has 0 N–H and O–H groups in total. The number of fused-ring (bicyclic) bond motifs is 1. The maximum absolute atomic E-state index is 5.40. The van der Waals surface area contributed by atoms with Gasteiger partial charge >= 0.3 is 0 Å². The molecule has 0 amide bonds. The Kier molecular flexibility index (Phi) is 2.63. The highest BCUT2D eigenvalue weighted by Crippen LogP contribution is 2.30. The van der Waals surface area contributed by atoms with Crippen LogP contribution in [0.4, 0.5) is 0 Å². The summed E-state index contributed by atoms with van der Waals surface area (Å²) in [5, 5.41) is 2.65. The quantitative estimate of drug-likeness (QED) is 0.718. The van der Waals surface area contributed by atoms with E-state index in [1.54, 1.807) is 7.11 Å². The van der Waals surface area contributed by atoms with Gasteiger partial charge in [0.05, 0.1) is 7.11 Å². The van der Waals surface area contributed by atoms with Gasteiger partial charge in [0.1, 0.15) is 5.75 Å². The van der Waals surface area contributed by atoms with E-state index in [-0.39, 0.29) is 0 Å². The van der Waals surface area contributed by atoms with Crippen molar-refractivity contribution in [2.75, 3.05) is 7.11 Å². The van der Waals surface area contributed by atoms with Crippen molar-refractivity contribution < 1.29 is 4.74 Å². The largest absolute Gasteiger partial charge is 0.496 e. The molecule has 0 aliphatic carbocycles. The predicted octanol–water partition coefficient (Wildman–Crippen LogP) is 3.72. The predicted molar refractivity (Wildman–Crippen MR) is 64.6 cm³/mol. The summed E-state index contributed by atoms with van der Waals surface area (Å²) in [6.45, 7) is 4.29. The van der Waals surface area contributed by atoms with Gasteiger partial charge < -0.3 is 4.74 Å². The Morgan fingerprint density at radius 1 is 1.13 bits per heavy atom. The molecule has 0 unspecified atom stereocenters. The Balaban J connectivity index is 2.84. The average molecular weight is 200 g/mol. The van der Waals surface area contributed by atoms with Crippen molar-refractivity contribution in [2.45, 2.75) is 20.3 Å². The van der Waals surface area contributed by atoms with Gasteiger partial charge in [0, 0.05) is 0 Å². The molecule has 0 atom stereocenters. The summed E-state index contributed by atoms with van der Waals surface area (Å²) in [6.07, 6.45) is 1.04. The van der Waals surface area contributed by atoms with Crippen LogP contribution in [0, 0.1) is 6.92 Å². The van der Waals surface area contributed by atoms with Gasteiger partial charge in [-0.15, -0.1) is 0 Å². The van der Waals surface area contributed by atoms with Gasteiger partial charge in [-0.2, -0.15) is 0 Å². The highest BCUT2D eigenvalue weighted by atomic mass is 16.5. The van der Waals surface area contributed by atoms with Crippen molar-refractivity contribution in [3.63, 3.8) is 0 Å². The maximum Gasteiger partial charge on any atom is 0.122 e. The highest BCUT2D eigenvalue weighted by molar-refractivity contribution is 5.90. The van der Waals surface area contributed by atoms with Crippen molar-refractivity contribution in [2.24, 2.45) is 0 Å². The number of aryl methyl sites for hydroxylation is 2. The number of hydrogen-bond acceptors (Lipinski definition) is 1. The van der Waals surface area contributed by atoms with Gasteiger partial charge in [0.2, 0.25) is 0 Å². The van der Waals surface area contributed by atoms with Crippen molar-refractivity contribution in [1.29, 1.82) is 0 Å². The van der Waals surface area contributed by atoms with Crippen LogP contribution in [0.3, 0.4) is 0 Å². The van der Waals surface area contributed by atoms with Gasteiger partial charge in [-0.25, -0.2) is 0 Å². The van der Waals surface area contributed by atoms with Crippen LogP contribution in [-0.2, 0) is 6.42 Å². The molecule has 0 fully saturated rings. The molecule has 78 valence electrons. The van der Waals surface area contributed by atoms with Gasteiger partial charge in [-0.1, -0.05) is 31.2 Å². The van der Waals surface area contributed by atoms with Crippen LogP contribution in [-0.4, -0.2) is 7.11 Å². The standard InChI is InChI=1S/C14H16O/c1-4-11-9-14(15-3)10(2)12-7-5-6-8-13(11)12/h5-9H,4H2,1-3H3. The summed E-state index contributed by atoms with van der Waals surface area (Å²) in [7, 11) is 1.73. The Labute approximate surface area is 90.7 Å². The fourth-order valence-electron chi connectivity index (χ4n) is 2.07. The minimum atomic E-state index is 0.991. The molecular formula is C14H16O. The lowest BCUT2D eigenvalue weighted by Crippen LogP contribution is -1.92. The lowest BCUT2D eigenvalue weighted by Gasteiger charge is -2.12. The zero-order valence-electron chi connectivity index (χ0n) is 9.50. The Morgan fingerprint density at radius 2 is 1.80 bits per heavy atom. The molecular weight excluding hydrogens is 184 g/mol. The van der Waals surface area contributed by atoms with Crippen LogP contribution in [0.1, 0.15) is 18.1 Å². The van der Waals surface area contributed by atoms with E-state index in [1.165, 1.54) is 21.9 Å². The molecule has 2 rings (SSSR count). The molecule has 15 heavy (non-hydrogen) atoms. The number of benzene rings is 2. The topological polar surface area (TPSA) is 9.23 Å². The molecule has 0 saturated carbocycles. The number of rotatable bonds is 2. The van der Waals surface area contributed by atoms with Crippen molar-refractivity contribution >= 4 is 10.8 Å². The Hall–Kier alpha value is -1.50. The first-order chi connectivity index (χ1) is 7.27. The first-order valence-corrected chi connectivity index (χ1v) is 5.33. The van der Waals surface area contributed by atoms with E-state index in [2.05, 4.69) is 44.2 Å². The Morgan fingerprint density at radius 3 is 2.40 bits per heavy atom. The zero-order chi connectivity index (χ0) is 10.8. The average Bonchev–Trinajstić information content (AvgIpc) is 2.30. The number of ether oxygens (including phenoxy) is 1. The molecule has 2 aromatic rings. The molecule has 1 heteroatoms. The second-order valence-corrected chi connectivity index (χ2v) is 3.76. The molecule has 0 radical (unpaired) electrons. The molecule has 0 bridgehead atoms. The zero-order valence-corrected chi connectivity index (χ0v) is 9.50. The Bertz CT molecular complexity index is 486. The van der Waals surface area contributed by atoms with Crippen molar-refractivity contribution in [3.8, 4) is 5.75 Å². The van der Waals surface area contributed by atoms with Crippen LogP contribution in [0.25, 0.3) is 10.8 Å². The minimum Gasteiger partial charge on any atom is -0.496 e. The number of methoxy groups -OCH3 is 1. The van der Waals surface area contributed by atoms with Gasteiger partial charge in [0.25, 0.3) is 0 Å². The molecule has 0 aromatic heterocycles. The SMILES string of the molecule is CCc1cc(OC)c(C)c2ccccc12. The molecule has 0 aliphatic rings. The van der Waals surface area contributed by atoms with Crippen LogP contribution >= 0.6 is 0 Å². The normalized spacial score (nSPS) is 10.6. The summed E-state index contributed by atoms with van der Waals surface area (Å²) in [6, 6.07) is 10.7. The summed E-state index contributed by atoms with van der Waals surface area (Å²) in [4.78, 5) is 0. The molecule has 2 aromatic carbocycles. The van der Waals surface area contributed by atoms with E-state index in [0.717, 1.165) is 12.2 Å². The third-order valence-corrected chi connectivity index (χ3v) is 2.95. The van der Waals surface area contributed by atoms with Crippen LogP contribution in [0.15, 0.2) is 30.3 Å². The second kappa shape index (κ2) is 3.93. The molecule has 0 saturated heterocycles. The summed E-state index contributed by atoms with van der Waals surface area (Å²) in [5.74, 6) is 0.991. The van der Waals surface area contributed by atoms with Gasteiger partial charge in [-0.3, -0.25) is 0 Å². The van der Waals surface area contributed by atoms with Gasteiger partial charge in [0.15, 0.2) is 0 Å². The third kappa shape index (κ3) is 1.58. The monoisotopic (exact) mass is 200 g/mol. The van der Waals surface area contributed by atoms with E-state index in [9.17, 15) is 0 Å². The molecule has 0 aliphatic heterocycles. The second-order valence-electron chi connectivity index (χ2n) is 3.76. The van der Waals surface area contributed by atoms with Crippen LogP contribution in [0.5, 0.6) is 5.75 Å². The molecule has 0 spiro atoms. The van der Waals surface area contributed by atoms with Crippen molar-refractivity contribution in [3.05, 3.63) is 41.5 Å². The van der Waals surface area contributed by atoms with E-state index in [4.69, 9.17) is 4.74 Å². The fraction of sp³-hybridized carbons (Fsp3) is 0.286. The first-order valence-electron chi connectivity index (χ1n) is 5.33. The lowest BCUT2D eigenvalue weighted by atomic mass is 9.98. The van der Waals surface area contributed by atoms with E-state index in [0.29, 0.717) is 0 Å². The summed E-state index contributed by atoms with van der Waals surface area (Å²) >= 11 is 0. The van der Waals surface area contributed by atoms with E-state index < -0.39 is 0 Å². The number of hydrogen-bond donors (Lipinski definition) is 0. The van der Waals surface area contributed by atoms with E-state index >= 15 is 0 Å². The van der Waals surface area contributed by atoms with Crippen LogP contribution < -0.4 is 4.74 Å². The molecule has 0 heterocycles. The summed E-state index contributed by atoms with van der Waals surface area (Å²) in [5.41, 5.74) is 2.58. The first kappa shape index (κ1) is 10.0. The van der Waals surface area contributed by atoms with Gasteiger partial charge in [-0.05, 0) is 41.3 Å². The molecule has 1 nitrogen and oxygen atoms in total. The maximum atomic E-state index is 5.40. The fourth-order valence-corrected chi connectivity index (χ4v) is 2.07. The van der Waals surface area contributed by atoms with E-state index in [1.807, 2.05) is 0 Å². The third-order valence-electron chi connectivity index (χ3n) is 2.95. The summed E-state index contributed by atoms with van der Waals surface area (Å²) < 4.78 is 5.40. The minimum absolute atomic E-state index is 0.991. The van der Waals surface area contributed by atoms with Crippen molar-refractivity contribution in [1.82, 2.24) is 0 Å². The lowest BCUT2D eigenvalue weighted by molar-refractivity contribution is 0.412. The van der Waals surface area contributed by atoms with Crippen LogP contribution in [0.2, 0.25) is 0 Å². The highest BCUT2D eigenvalue weighted by Gasteiger charge is 2.07.